The van der Waals surface area contributed by atoms with Gasteiger partial charge in [0.05, 0.1) is 34.2 Å². The number of halogens is 8. The second-order valence-electron chi connectivity index (χ2n) is 7.75. The largest absolute Gasteiger partial charge is 0.423 e. The van der Waals surface area contributed by atoms with Gasteiger partial charge in [-0.25, -0.2) is 10.2 Å². The van der Waals surface area contributed by atoms with Crippen LogP contribution in [0.1, 0.15) is 16.7 Å². The molecule has 0 aliphatic heterocycles. The second-order valence-corrected chi connectivity index (χ2v) is 8.16. The smallest absolute Gasteiger partial charge is 0.380 e. The topological polar surface area (TPSA) is 61.5 Å². The lowest BCUT2D eigenvalue weighted by Crippen LogP contribution is -2.48. The minimum absolute atomic E-state index is 0.245. The van der Waals surface area contributed by atoms with Crippen molar-refractivity contribution in [3.05, 3.63) is 88.2 Å². The number of hydrazine groups is 1. The van der Waals surface area contributed by atoms with Crippen LogP contribution >= 0.6 is 11.6 Å². The number of alkyl halides is 6. The summed E-state index contributed by atoms with van der Waals surface area (Å²) < 4.78 is 94.1. The van der Waals surface area contributed by atoms with Gasteiger partial charge in [0.1, 0.15) is 5.82 Å². The number of nitrogens with one attached hydrogen (secondary N) is 1. The molecule has 0 saturated heterocycles. The Labute approximate surface area is 200 Å². The highest BCUT2D eigenvalue weighted by Crippen LogP contribution is 2.42. The van der Waals surface area contributed by atoms with Gasteiger partial charge in [-0.2, -0.15) is 26.3 Å². The highest BCUT2D eigenvalue weighted by molar-refractivity contribution is 6.33. The van der Waals surface area contributed by atoms with Crippen LogP contribution in [0.4, 0.5) is 47.8 Å². The minimum Gasteiger partial charge on any atom is -0.380 e. The van der Waals surface area contributed by atoms with E-state index >= 15 is 0 Å². The van der Waals surface area contributed by atoms with Gasteiger partial charge >= 0.3 is 12.4 Å². The number of hydrogen-bond acceptors (Lipinski definition) is 4. The van der Waals surface area contributed by atoms with Crippen molar-refractivity contribution in [2.75, 3.05) is 16.9 Å². The first kappa shape index (κ1) is 26.6. The quantitative estimate of drug-likeness (QED) is 0.192. The zero-order valence-corrected chi connectivity index (χ0v) is 18.7. The maximum atomic E-state index is 14.0. The number of nitrogens with zero attached hydrogens (tertiary/aromatic N) is 1. The van der Waals surface area contributed by atoms with Gasteiger partial charge in [0.2, 0.25) is 5.60 Å². The monoisotopic (exact) mass is 521 g/mol. The molecule has 0 heterocycles. The van der Waals surface area contributed by atoms with Crippen LogP contribution in [0.15, 0.2) is 60.7 Å². The third-order valence-electron chi connectivity index (χ3n) is 5.34. The van der Waals surface area contributed by atoms with Crippen molar-refractivity contribution < 1.29 is 35.8 Å². The van der Waals surface area contributed by atoms with Crippen molar-refractivity contribution in [1.29, 1.82) is 0 Å². The molecule has 35 heavy (non-hydrogen) atoms. The zero-order valence-electron chi connectivity index (χ0n) is 18.0. The lowest BCUT2D eigenvalue weighted by molar-refractivity contribution is -0.260. The van der Waals surface area contributed by atoms with Crippen molar-refractivity contribution in [2.45, 2.75) is 24.9 Å². The second kappa shape index (κ2) is 9.56. The molecular weight excluding hydrogens is 503 g/mol. The van der Waals surface area contributed by atoms with E-state index in [9.17, 15) is 35.8 Å². The Kier molecular flexibility index (Phi) is 7.26. The van der Waals surface area contributed by atoms with Gasteiger partial charge in [0, 0.05) is 0 Å². The number of aliphatic hydroxyl groups is 1. The van der Waals surface area contributed by atoms with E-state index in [1.54, 1.807) is 0 Å². The van der Waals surface area contributed by atoms with E-state index in [1.165, 1.54) is 25.1 Å². The van der Waals surface area contributed by atoms with Gasteiger partial charge in [-0.1, -0.05) is 23.7 Å². The summed E-state index contributed by atoms with van der Waals surface area (Å²) in [4.78, 5) is 0. The summed E-state index contributed by atoms with van der Waals surface area (Å²) in [5.41, 5.74) is -4.73. The number of hydrogen-bond donors (Lipinski definition) is 3. The first-order valence-corrected chi connectivity index (χ1v) is 10.3. The SMILES string of the molecule is Cc1cc(C(O)(CNc2cc(C(F)(F)F)ccc2Cl)C(F)(F)F)ccc1N(N)c1ccc(F)cc1. The van der Waals surface area contributed by atoms with Crippen molar-refractivity contribution in [3.8, 4) is 0 Å². The van der Waals surface area contributed by atoms with E-state index in [2.05, 4.69) is 5.32 Å². The molecular formula is C23H19ClF7N3O. The first-order valence-electron chi connectivity index (χ1n) is 9.95. The molecule has 0 bridgehead atoms. The number of anilines is 3. The summed E-state index contributed by atoms with van der Waals surface area (Å²) in [5.74, 6) is 5.52. The Balaban J connectivity index is 1.93. The fourth-order valence-electron chi connectivity index (χ4n) is 3.35. The standard InChI is InChI=1S/C23H19ClF7N3O/c1-13-10-14(3-9-20(13)34(32)17-6-4-16(25)5-7-17)21(35,23(29,30)31)12-33-19-11-15(22(26,27)28)2-8-18(19)24/h2-11,33,35H,12,32H2,1H3. The van der Waals surface area contributed by atoms with Gasteiger partial charge in [0.15, 0.2) is 0 Å². The van der Waals surface area contributed by atoms with E-state index in [0.717, 1.165) is 35.3 Å². The highest BCUT2D eigenvalue weighted by atomic mass is 35.5. The van der Waals surface area contributed by atoms with E-state index in [0.29, 0.717) is 17.8 Å². The predicted molar refractivity (Wildman–Crippen MR) is 119 cm³/mol. The van der Waals surface area contributed by atoms with Crippen molar-refractivity contribution in [2.24, 2.45) is 5.84 Å². The molecule has 4 N–H and O–H groups in total. The molecule has 188 valence electrons. The molecule has 0 fully saturated rings. The number of aryl methyl sites for hydroxylation is 1. The first-order chi connectivity index (χ1) is 16.1. The van der Waals surface area contributed by atoms with Crippen LogP contribution in [-0.2, 0) is 11.8 Å². The molecule has 0 saturated carbocycles. The summed E-state index contributed by atoms with van der Waals surface area (Å²) in [6.45, 7) is 0.233. The Morgan fingerprint density at radius 3 is 2.06 bits per heavy atom. The molecule has 12 heteroatoms. The summed E-state index contributed by atoms with van der Waals surface area (Å²) in [7, 11) is 0. The Morgan fingerprint density at radius 1 is 0.914 bits per heavy atom. The number of nitrogens with two attached hydrogens (primary N) is 1. The van der Waals surface area contributed by atoms with Crippen LogP contribution in [0, 0.1) is 12.7 Å². The third kappa shape index (κ3) is 5.63. The van der Waals surface area contributed by atoms with Crippen LogP contribution in [0.2, 0.25) is 5.02 Å². The van der Waals surface area contributed by atoms with Gasteiger partial charge in [0.25, 0.3) is 0 Å². The van der Waals surface area contributed by atoms with Crippen LogP contribution < -0.4 is 16.2 Å². The molecule has 0 aliphatic carbocycles. The van der Waals surface area contributed by atoms with Gasteiger partial charge < -0.3 is 10.4 Å². The molecule has 4 nitrogen and oxygen atoms in total. The summed E-state index contributed by atoms with van der Waals surface area (Å²) in [6, 6.07) is 10.5. The average molecular weight is 522 g/mol. The summed E-state index contributed by atoms with van der Waals surface area (Å²) >= 11 is 5.85. The highest BCUT2D eigenvalue weighted by Gasteiger charge is 2.55. The molecule has 0 amide bonds. The fourth-order valence-corrected chi connectivity index (χ4v) is 3.53. The lowest BCUT2D eigenvalue weighted by Gasteiger charge is -2.32. The number of benzene rings is 3. The molecule has 0 spiro atoms. The predicted octanol–water partition coefficient (Wildman–Crippen LogP) is 6.68. The van der Waals surface area contributed by atoms with E-state index in [1.807, 2.05) is 0 Å². The maximum Gasteiger partial charge on any atom is 0.423 e. The van der Waals surface area contributed by atoms with Crippen LogP contribution in [0.5, 0.6) is 0 Å². The van der Waals surface area contributed by atoms with Gasteiger partial charge in [-0.15, -0.1) is 0 Å². The fraction of sp³-hybridized carbons (Fsp3) is 0.217. The maximum absolute atomic E-state index is 14.0. The van der Waals surface area contributed by atoms with E-state index < -0.39 is 47.1 Å². The molecule has 1 atom stereocenters. The Hall–Kier alpha value is -3.02. The average Bonchev–Trinajstić information content (AvgIpc) is 2.76. The lowest BCUT2D eigenvalue weighted by atomic mass is 9.91. The van der Waals surface area contributed by atoms with E-state index in [-0.39, 0.29) is 16.3 Å². The van der Waals surface area contributed by atoms with Gasteiger partial charge in [-0.05, 0) is 66.6 Å². The Morgan fingerprint density at radius 2 is 1.51 bits per heavy atom. The summed E-state index contributed by atoms with van der Waals surface area (Å²) in [6.07, 6.45) is -9.95. The van der Waals surface area contributed by atoms with Crippen molar-refractivity contribution in [1.82, 2.24) is 0 Å². The molecule has 0 aromatic heterocycles. The molecule has 3 rings (SSSR count). The molecule has 3 aromatic carbocycles. The summed E-state index contributed by atoms with van der Waals surface area (Å²) in [5, 5.41) is 13.7. The zero-order chi connectivity index (χ0) is 26.2. The molecule has 0 radical (unpaired) electrons. The van der Waals surface area contributed by atoms with Crippen LogP contribution in [0.25, 0.3) is 0 Å². The van der Waals surface area contributed by atoms with Crippen LogP contribution in [0.3, 0.4) is 0 Å². The van der Waals surface area contributed by atoms with Crippen molar-refractivity contribution in [3.63, 3.8) is 0 Å². The molecule has 1 unspecified atom stereocenters. The number of rotatable bonds is 6. The Bertz CT molecular complexity index is 1200. The third-order valence-corrected chi connectivity index (χ3v) is 5.67. The van der Waals surface area contributed by atoms with Gasteiger partial charge in [-0.3, -0.25) is 5.01 Å². The molecule has 3 aromatic rings. The molecule has 0 aliphatic rings. The van der Waals surface area contributed by atoms with Crippen molar-refractivity contribution >= 4 is 28.7 Å². The minimum atomic E-state index is -5.21. The van der Waals surface area contributed by atoms with E-state index in [4.69, 9.17) is 17.4 Å². The van der Waals surface area contributed by atoms with Crippen LogP contribution in [-0.4, -0.2) is 17.8 Å². The normalized spacial score (nSPS) is 13.9.